The van der Waals surface area contributed by atoms with Crippen LogP contribution < -0.4 is 5.32 Å². The van der Waals surface area contributed by atoms with Crippen molar-refractivity contribution in [1.29, 1.82) is 0 Å². The molecule has 0 spiro atoms. The van der Waals surface area contributed by atoms with E-state index < -0.39 is 0 Å². The Morgan fingerprint density at radius 1 is 1.11 bits per heavy atom. The Kier molecular flexibility index (Phi) is 5.08. The number of aliphatic hydroxyl groups is 1. The molecule has 0 atom stereocenters. The summed E-state index contributed by atoms with van der Waals surface area (Å²) < 4.78 is 0. The molecule has 0 aromatic rings. The Morgan fingerprint density at radius 2 is 1.72 bits per heavy atom. The van der Waals surface area contributed by atoms with Crippen LogP contribution >= 0.6 is 0 Å². The van der Waals surface area contributed by atoms with Crippen LogP contribution in [0.2, 0.25) is 0 Å². The minimum absolute atomic E-state index is 0.0286. The van der Waals surface area contributed by atoms with Crippen LogP contribution in [-0.2, 0) is 0 Å². The molecule has 2 rings (SSSR count). The monoisotopic (exact) mass is 253 g/mol. The predicted molar refractivity (Wildman–Crippen MR) is 76.6 cm³/mol. The molecule has 2 fully saturated rings. The van der Waals surface area contributed by atoms with Crippen molar-refractivity contribution in [3.63, 3.8) is 0 Å². The van der Waals surface area contributed by atoms with Crippen molar-refractivity contribution in [2.45, 2.75) is 83.8 Å². The van der Waals surface area contributed by atoms with Crippen LogP contribution in [0.3, 0.4) is 0 Å². The first kappa shape index (κ1) is 14.3. The van der Waals surface area contributed by atoms with E-state index in [1.165, 1.54) is 51.5 Å². The third kappa shape index (κ3) is 3.96. The van der Waals surface area contributed by atoms with Crippen LogP contribution in [0, 0.1) is 11.3 Å². The zero-order valence-corrected chi connectivity index (χ0v) is 12.3. The van der Waals surface area contributed by atoms with Crippen molar-refractivity contribution in [3.8, 4) is 0 Å². The number of hydrogen-bond donors (Lipinski definition) is 2. The largest absolute Gasteiger partial charge is 0.393 e. The molecule has 2 aliphatic rings. The summed E-state index contributed by atoms with van der Waals surface area (Å²) in [7, 11) is 0. The summed E-state index contributed by atoms with van der Waals surface area (Å²) in [6, 6.07) is 0.665. The average molecular weight is 253 g/mol. The summed E-state index contributed by atoms with van der Waals surface area (Å²) in [6.07, 6.45) is 11.4. The molecule has 2 saturated carbocycles. The molecule has 0 unspecified atom stereocenters. The van der Waals surface area contributed by atoms with Gasteiger partial charge in [0.25, 0.3) is 0 Å². The SMILES string of the molecule is CC(C)CC1(CNC2CCC(O)CC2)CCCC1. The van der Waals surface area contributed by atoms with E-state index in [9.17, 15) is 5.11 Å². The van der Waals surface area contributed by atoms with Gasteiger partial charge in [-0.15, -0.1) is 0 Å². The maximum Gasteiger partial charge on any atom is 0.0541 e. The number of aliphatic hydroxyl groups excluding tert-OH is 1. The van der Waals surface area contributed by atoms with Gasteiger partial charge in [-0.25, -0.2) is 0 Å². The van der Waals surface area contributed by atoms with Gasteiger partial charge in [-0.3, -0.25) is 0 Å². The van der Waals surface area contributed by atoms with E-state index in [1.807, 2.05) is 0 Å². The van der Waals surface area contributed by atoms with Crippen molar-refractivity contribution in [2.24, 2.45) is 11.3 Å². The third-order valence-electron chi connectivity index (χ3n) is 4.97. The molecule has 0 amide bonds. The summed E-state index contributed by atoms with van der Waals surface area (Å²) in [5, 5.41) is 13.4. The highest BCUT2D eigenvalue weighted by molar-refractivity contribution is 4.89. The minimum Gasteiger partial charge on any atom is -0.393 e. The number of hydrogen-bond acceptors (Lipinski definition) is 2. The first-order valence-electron chi connectivity index (χ1n) is 8.01. The normalized spacial score (nSPS) is 32.0. The van der Waals surface area contributed by atoms with E-state index >= 15 is 0 Å². The number of nitrogens with one attached hydrogen (secondary N) is 1. The van der Waals surface area contributed by atoms with Crippen molar-refractivity contribution < 1.29 is 5.11 Å². The Balaban J connectivity index is 1.79. The van der Waals surface area contributed by atoms with Crippen molar-refractivity contribution in [1.82, 2.24) is 5.32 Å². The highest BCUT2D eigenvalue weighted by Gasteiger charge is 2.34. The van der Waals surface area contributed by atoms with Gasteiger partial charge >= 0.3 is 0 Å². The van der Waals surface area contributed by atoms with Gasteiger partial charge in [-0.1, -0.05) is 26.7 Å². The van der Waals surface area contributed by atoms with E-state index in [0.717, 1.165) is 18.8 Å². The molecule has 0 heterocycles. The summed E-state index contributed by atoms with van der Waals surface area (Å²) >= 11 is 0. The van der Waals surface area contributed by atoms with Crippen molar-refractivity contribution in [3.05, 3.63) is 0 Å². The zero-order valence-electron chi connectivity index (χ0n) is 12.3. The van der Waals surface area contributed by atoms with Gasteiger partial charge in [-0.05, 0) is 56.3 Å². The van der Waals surface area contributed by atoms with Crippen LogP contribution in [-0.4, -0.2) is 23.8 Å². The van der Waals surface area contributed by atoms with Gasteiger partial charge in [0.1, 0.15) is 0 Å². The highest BCUT2D eigenvalue weighted by Crippen LogP contribution is 2.42. The quantitative estimate of drug-likeness (QED) is 0.786. The maximum absolute atomic E-state index is 9.55. The lowest BCUT2D eigenvalue weighted by atomic mass is 9.78. The lowest BCUT2D eigenvalue weighted by Crippen LogP contribution is -2.41. The van der Waals surface area contributed by atoms with Crippen LogP contribution in [0.1, 0.15) is 71.6 Å². The van der Waals surface area contributed by atoms with E-state index in [0.29, 0.717) is 11.5 Å². The Bertz CT molecular complexity index is 237. The van der Waals surface area contributed by atoms with Crippen LogP contribution in [0.5, 0.6) is 0 Å². The molecule has 2 nitrogen and oxygen atoms in total. The molecular weight excluding hydrogens is 222 g/mol. The highest BCUT2D eigenvalue weighted by atomic mass is 16.3. The Morgan fingerprint density at radius 3 is 2.28 bits per heavy atom. The molecule has 0 bridgehead atoms. The fraction of sp³-hybridized carbons (Fsp3) is 1.00. The summed E-state index contributed by atoms with van der Waals surface area (Å²) in [6.45, 7) is 5.93. The fourth-order valence-electron chi connectivity index (χ4n) is 4.08. The fourth-order valence-corrected chi connectivity index (χ4v) is 4.08. The summed E-state index contributed by atoms with van der Waals surface area (Å²) in [5.74, 6) is 0.818. The molecule has 0 saturated heterocycles. The third-order valence-corrected chi connectivity index (χ3v) is 4.97. The van der Waals surface area contributed by atoms with E-state index in [1.54, 1.807) is 0 Å². The van der Waals surface area contributed by atoms with Crippen LogP contribution in [0.4, 0.5) is 0 Å². The first-order chi connectivity index (χ1) is 8.60. The predicted octanol–water partition coefficient (Wildman–Crippen LogP) is 3.49. The van der Waals surface area contributed by atoms with E-state index in [4.69, 9.17) is 0 Å². The van der Waals surface area contributed by atoms with Crippen molar-refractivity contribution >= 4 is 0 Å². The van der Waals surface area contributed by atoms with E-state index in [2.05, 4.69) is 19.2 Å². The molecule has 106 valence electrons. The van der Waals surface area contributed by atoms with Crippen LogP contribution in [0.25, 0.3) is 0 Å². The molecular formula is C16H31NO. The molecule has 0 radical (unpaired) electrons. The van der Waals surface area contributed by atoms with Gasteiger partial charge in [-0.2, -0.15) is 0 Å². The Hall–Kier alpha value is -0.0800. The molecule has 2 aliphatic carbocycles. The minimum atomic E-state index is -0.0286. The topological polar surface area (TPSA) is 32.3 Å². The maximum atomic E-state index is 9.55. The van der Waals surface area contributed by atoms with Gasteiger partial charge in [0.05, 0.1) is 6.10 Å². The lowest BCUT2D eigenvalue weighted by Gasteiger charge is -2.35. The lowest BCUT2D eigenvalue weighted by molar-refractivity contribution is 0.111. The standard InChI is InChI=1S/C16H31NO/c1-13(2)11-16(9-3-4-10-16)12-17-14-5-7-15(18)8-6-14/h13-15,17-18H,3-12H2,1-2H3. The van der Waals surface area contributed by atoms with Gasteiger partial charge in [0.2, 0.25) is 0 Å². The van der Waals surface area contributed by atoms with Gasteiger partial charge < -0.3 is 10.4 Å². The molecule has 2 heteroatoms. The second kappa shape index (κ2) is 6.38. The number of rotatable bonds is 5. The van der Waals surface area contributed by atoms with Crippen LogP contribution in [0.15, 0.2) is 0 Å². The average Bonchev–Trinajstić information content (AvgIpc) is 2.76. The molecule has 0 aliphatic heterocycles. The van der Waals surface area contributed by atoms with Crippen molar-refractivity contribution in [2.75, 3.05) is 6.54 Å². The molecule has 18 heavy (non-hydrogen) atoms. The van der Waals surface area contributed by atoms with Gasteiger partial charge in [0.15, 0.2) is 0 Å². The smallest absolute Gasteiger partial charge is 0.0541 e. The molecule has 2 N–H and O–H groups in total. The Labute approximate surface area is 113 Å². The zero-order chi connectivity index (χ0) is 13.0. The summed E-state index contributed by atoms with van der Waals surface area (Å²) in [4.78, 5) is 0. The molecule has 0 aromatic heterocycles. The van der Waals surface area contributed by atoms with Gasteiger partial charge in [0, 0.05) is 12.6 Å². The van der Waals surface area contributed by atoms with E-state index in [-0.39, 0.29) is 6.10 Å². The second-order valence-corrected chi connectivity index (χ2v) is 7.19. The second-order valence-electron chi connectivity index (χ2n) is 7.19. The summed E-state index contributed by atoms with van der Waals surface area (Å²) in [5.41, 5.74) is 0.588. The first-order valence-corrected chi connectivity index (χ1v) is 8.01. The molecule has 0 aromatic carbocycles.